The van der Waals surface area contributed by atoms with E-state index in [2.05, 4.69) is 11.0 Å². The molecule has 0 radical (unpaired) electrons. The van der Waals surface area contributed by atoms with E-state index < -0.39 is 11.9 Å². The summed E-state index contributed by atoms with van der Waals surface area (Å²) in [4.78, 5) is 14.9. The van der Waals surface area contributed by atoms with E-state index >= 15 is 0 Å². The number of anilines is 1. The minimum atomic E-state index is -1.12. The molecular formula is C21H29FN2O2. The predicted molar refractivity (Wildman–Crippen MR) is 102 cm³/mol. The zero-order chi connectivity index (χ0) is 18.4. The molecule has 1 aliphatic carbocycles. The molecule has 5 rings (SSSR count). The van der Waals surface area contributed by atoms with E-state index in [-0.39, 0.29) is 12.2 Å². The first-order chi connectivity index (χ1) is 12.6. The van der Waals surface area contributed by atoms with Gasteiger partial charge in [0.25, 0.3) is 0 Å². The smallest absolute Gasteiger partial charge is 0.412 e. The maximum Gasteiger partial charge on any atom is 0.412 e. The standard InChI is InChI=1S/C14H16FNO2.C7H13N/c15-12-8-4-5-9-13(12)16(14(17)18)10-11-6-2-1-3-7-11;1-4-8-5-2-7(1)3-6-8/h4-6,8-9H,1-3,7,10H2,(H,17,18);7H,1-6H2. The SMILES string of the molecule is C1CN2CCC1CC2.O=C(O)N(CC1=CCCCC1)c1ccccc1F. The Morgan fingerprint density at radius 3 is 2.31 bits per heavy atom. The predicted octanol–water partition coefficient (Wildman–Crippen LogP) is 4.91. The summed E-state index contributed by atoms with van der Waals surface area (Å²) in [6, 6.07) is 5.97. The third-order valence-electron chi connectivity index (χ3n) is 5.68. The minimum absolute atomic E-state index is 0.122. The van der Waals surface area contributed by atoms with Crippen LogP contribution in [0, 0.1) is 11.7 Å². The van der Waals surface area contributed by atoms with Gasteiger partial charge in [-0.1, -0.05) is 23.8 Å². The van der Waals surface area contributed by atoms with Gasteiger partial charge in [0.2, 0.25) is 0 Å². The first-order valence-corrected chi connectivity index (χ1v) is 9.78. The molecule has 1 amide bonds. The Balaban J connectivity index is 0.000000201. The van der Waals surface area contributed by atoms with Crippen LogP contribution in [0.4, 0.5) is 14.9 Å². The molecule has 142 valence electrons. The summed E-state index contributed by atoms with van der Waals surface area (Å²) in [5, 5.41) is 9.21. The van der Waals surface area contributed by atoms with E-state index in [0.717, 1.165) is 42.1 Å². The van der Waals surface area contributed by atoms with Crippen molar-refractivity contribution in [2.24, 2.45) is 5.92 Å². The number of hydrogen-bond donors (Lipinski definition) is 1. The van der Waals surface area contributed by atoms with Gasteiger partial charge in [-0.2, -0.15) is 0 Å². The molecule has 3 heterocycles. The summed E-state index contributed by atoms with van der Waals surface area (Å²) < 4.78 is 13.6. The van der Waals surface area contributed by atoms with Crippen LogP contribution >= 0.6 is 0 Å². The van der Waals surface area contributed by atoms with Gasteiger partial charge in [0, 0.05) is 0 Å². The molecule has 4 aliphatic rings. The van der Waals surface area contributed by atoms with Crippen LogP contribution < -0.4 is 4.90 Å². The van der Waals surface area contributed by atoms with Crippen molar-refractivity contribution in [2.75, 3.05) is 31.1 Å². The van der Waals surface area contributed by atoms with Crippen molar-refractivity contribution in [3.05, 3.63) is 41.7 Å². The maximum absolute atomic E-state index is 13.6. The zero-order valence-corrected chi connectivity index (χ0v) is 15.4. The lowest BCUT2D eigenvalue weighted by molar-refractivity contribution is 0.111. The van der Waals surface area contributed by atoms with Crippen molar-refractivity contribution in [1.29, 1.82) is 0 Å². The number of hydrogen-bond acceptors (Lipinski definition) is 2. The molecule has 0 atom stereocenters. The van der Waals surface area contributed by atoms with Crippen molar-refractivity contribution >= 4 is 11.8 Å². The molecule has 5 heteroatoms. The van der Waals surface area contributed by atoms with E-state index in [1.165, 1.54) is 51.0 Å². The highest BCUT2D eigenvalue weighted by atomic mass is 19.1. The summed E-state index contributed by atoms with van der Waals surface area (Å²) >= 11 is 0. The largest absolute Gasteiger partial charge is 0.465 e. The van der Waals surface area contributed by atoms with Crippen molar-refractivity contribution in [3.8, 4) is 0 Å². The molecule has 26 heavy (non-hydrogen) atoms. The molecule has 3 aliphatic heterocycles. The zero-order valence-electron chi connectivity index (χ0n) is 15.4. The van der Waals surface area contributed by atoms with Gasteiger partial charge < -0.3 is 10.0 Å². The molecule has 4 nitrogen and oxygen atoms in total. The fourth-order valence-corrected chi connectivity index (χ4v) is 4.04. The third-order valence-corrected chi connectivity index (χ3v) is 5.68. The number of carbonyl (C=O) groups is 1. The first kappa shape index (κ1) is 18.9. The first-order valence-electron chi connectivity index (χ1n) is 9.78. The van der Waals surface area contributed by atoms with Crippen molar-refractivity contribution in [3.63, 3.8) is 0 Å². The molecule has 1 N–H and O–H groups in total. The molecule has 0 spiro atoms. The van der Waals surface area contributed by atoms with Crippen molar-refractivity contribution in [2.45, 2.75) is 44.9 Å². The molecule has 3 saturated heterocycles. The highest BCUT2D eigenvalue weighted by Crippen LogP contribution is 2.26. The average molecular weight is 360 g/mol. The number of halogens is 1. The van der Waals surface area contributed by atoms with Gasteiger partial charge in [0.05, 0.1) is 12.2 Å². The van der Waals surface area contributed by atoms with E-state index in [1.54, 1.807) is 12.1 Å². The quantitative estimate of drug-likeness (QED) is 0.779. The lowest BCUT2D eigenvalue weighted by Crippen LogP contribution is -2.41. The van der Waals surface area contributed by atoms with Crippen LogP contribution in [0.1, 0.15) is 44.9 Å². The topological polar surface area (TPSA) is 43.8 Å². The number of rotatable bonds is 3. The molecule has 1 aromatic rings. The molecule has 0 aromatic heterocycles. The second-order valence-electron chi connectivity index (χ2n) is 7.50. The molecule has 1 aromatic carbocycles. The number of piperidine rings is 3. The summed E-state index contributed by atoms with van der Waals surface area (Å²) in [5.74, 6) is 0.608. The molecule has 2 bridgehead atoms. The minimum Gasteiger partial charge on any atom is -0.465 e. The van der Waals surface area contributed by atoms with Gasteiger partial charge in [-0.05, 0) is 82.6 Å². The second-order valence-corrected chi connectivity index (χ2v) is 7.50. The Bertz CT molecular complexity index is 616. The molecule has 0 saturated carbocycles. The number of amides is 1. The maximum atomic E-state index is 13.6. The van der Waals surface area contributed by atoms with Gasteiger partial charge >= 0.3 is 6.09 Å². The normalized spacial score (nSPS) is 24.3. The number of benzene rings is 1. The van der Waals surface area contributed by atoms with E-state index in [0.29, 0.717) is 0 Å². The Morgan fingerprint density at radius 2 is 1.85 bits per heavy atom. The van der Waals surface area contributed by atoms with Crippen LogP contribution in [0.5, 0.6) is 0 Å². The van der Waals surface area contributed by atoms with Crippen LogP contribution in [0.15, 0.2) is 35.9 Å². The summed E-state index contributed by atoms with van der Waals surface area (Å²) in [6.45, 7) is 4.44. The summed E-state index contributed by atoms with van der Waals surface area (Å²) in [6.07, 6.45) is 9.53. The molecular weight excluding hydrogens is 331 g/mol. The van der Waals surface area contributed by atoms with Crippen LogP contribution in [0.25, 0.3) is 0 Å². The van der Waals surface area contributed by atoms with Crippen LogP contribution in [0.2, 0.25) is 0 Å². The lowest BCUT2D eigenvalue weighted by Gasteiger charge is -2.38. The van der Waals surface area contributed by atoms with Crippen LogP contribution in [0.3, 0.4) is 0 Å². The monoisotopic (exact) mass is 360 g/mol. The Kier molecular flexibility index (Phi) is 6.67. The second kappa shape index (κ2) is 9.17. The fraction of sp³-hybridized carbons (Fsp3) is 0.571. The van der Waals surface area contributed by atoms with E-state index in [4.69, 9.17) is 0 Å². The number of nitrogens with zero attached hydrogens (tertiary/aromatic N) is 2. The van der Waals surface area contributed by atoms with Gasteiger partial charge in [-0.25, -0.2) is 9.18 Å². The van der Waals surface area contributed by atoms with Crippen LogP contribution in [-0.2, 0) is 0 Å². The number of fused-ring (bicyclic) bond motifs is 3. The van der Waals surface area contributed by atoms with Crippen molar-refractivity contribution in [1.82, 2.24) is 4.90 Å². The number of allylic oxidation sites excluding steroid dienone is 1. The third kappa shape index (κ3) is 5.07. The highest BCUT2D eigenvalue weighted by molar-refractivity contribution is 5.86. The Morgan fingerprint density at radius 1 is 1.15 bits per heavy atom. The highest BCUT2D eigenvalue weighted by Gasteiger charge is 2.24. The number of para-hydroxylation sites is 1. The lowest BCUT2D eigenvalue weighted by atomic mass is 9.89. The van der Waals surface area contributed by atoms with E-state index in [9.17, 15) is 14.3 Å². The van der Waals surface area contributed by atoms with Gasteiger partial charge in [-0.3, -0.25) is 4.90 Å². The molecule has 0 unspecified atom stereocenters. The van der Waals surface area contributed by atoms with Gasteiger partial charge in [0.1, 0.15) is 5.82 Å². The average Bonchev–Trinajstić information content (AvgIpc) is 2.69. The van der Waals surface area contributed by atoms with Gasteiger partial charge in [-0.15, -0.1) is 0 Å². The molecule has 3 fully saturated rings. The summed E-state index contributed by atoms with van der Waals surface area (Å²) in [7, 11) is 0. The number of carboxylic acid groups (broad SMARTS) is 1. The Hall–Kier alpha value is -1.88. The van der Waals surface area contributed by atoms with Gasteiger partial charge in [0.15, 0.2) is 0 Å². The Labute approximate surface area is 155 Å². The fourth-order valence-electron chi connectivity index (χ4n) is 4.04. The van der Waals surface area contributed by atoms with Crippen LogP contribution in [-0.4, -0.2) is 42.3 Å². The van der Waals surface area contributed by atoms with E-state index in [1.807, 2.05) is 0 Å². The van der Waals surface area contributed by atoms with Crippen molar-refractivity contribution < 1.29 is 14.3 Å². The summed E-state index contributed by atoms with van der Waals surface area (Å²) in [5.41, 5.74) is 1.20.